The van der Waals surface area contributed by atoms with E-state index in [2.05, 4.69) is 20.5 Å². The van der Waals surface area contributed by atoms with Crippen LogP contribution in [0.5, 0.6) is 0 Å². The Kier molecular flexibility index (Phi) is 4.90. The minimum Gasteiger partial charge on any atom is -0.301 e. The number of hydrogen-bond donors (Lipinski definition) is 1. The van der Waals surface area contributed by atoms with Gasteiger partial charge in [0.05, 0.1) is 21.7 Å². The van der Waals surface area contributed by atoms with Crippen LogP contribution in [0.4, 0.5) is 5.13 Å². The fourth-order valence-electron chi connectivity index (χ4n) is 2.38. The standard InChI is InChI=1S/C19H14N4OS2/c24-17(21-19-20-15-8-4-5-9-16(15)26-19)12-25-18-11-10-14(22-23-18)13-6-2-1-3-7-13/h1-11H,12H2,(H,20,21,24). The molecule has 4 aromatic rings. The van der Waals surface area contributed by atoms with E-state index in [0.717, 1.165) is 21.5 Å². The fraction of sp³-hybridized carbons (Fsp3) is 0.0526. The first-order chi connectivity index (χ1) is 12.8. The molecule has 0 saturated carbocycles. The number of nitrogens with zero attached hydrogens (tertiary/aromatic N) is 3. The van der Waals surface area contributed by atoms with Gasteiger partial charge in [0.1, 0.15) is 5.03 Å². The molecule has 2 aromatic carbocycles. The third-order valence-corrected chi connectivity index (χ3v) is 5.47. The van der Waals surface area contributed by atoms with Crippen LogP contribution in [0.2, 0.25) is 0 Å². The Morgan fingerprint density at radius 2 is 1.77 bits per heavy atom. The van der Waals surface area contributed by atoms with Crippen LogP contribution in [0.15, 0.2) is 71.8 Å². The van der Waals surface area contributed by atoms with Crippen molar-refractivity contribution in [1.82, 2.24) is 15.2 Å². The number of carbonyl (C=O) groups is 1. The van der Waals surface area contributed by atoms with Gasteiger partial charge in [0, 0.05) is 5.56 Å². The summed E-state index contributed by atoms with van der Waals surface area (Å²) in [6.07, 6.45) is 0. The monoisotopic (exact) mass is 378 g/mol. The highest BCUT2D eigenvalue weighted by molar-refractivity contribution is 7.99. The molecule has 0 aliphatic heterocycles. The molecule has 4 rings (SSSR count). The molecule has 7 heteroatoms. The summed E-state index contributed by atoms with van der Waals surface area (Å²) in [6.45, 7) is 0. The summed E-state index contributed by atoms with van der Waals surface area (Å²) >= 11 is 2.82. The lowest BCUT2D eigenvalue weighted by Gasteiger charge is -2.03. The molecule has 128 valence electrons. The molecule has 26 heavy (non-hydrogen) atoms. The van der Waals surface area contributed by atoms with Gasteiger partial charge in [0.25, 0.3) is 0 Å². The van der Waals surface area contributed by atoms with Crippen molar-refractivity contribution in [2.75, 3.05) is 11.1 Å². The zero-order valence-corrected chi connectivity index (χ0v) is 15.3. The van der Waals surface area contributed by atoms with Crippen LogP contribution in [0.25, 0.3) is 21.5 Å². The van der Waals surface area contributed by atoms with Gasteiger partial charge in [-0.1, -0.05) is 65.6 Å². The number of thiazole rings is 1. The molecule has 0 aliphatic carbocycles. The summed E-state index contributed by atoms with van der Waals surface area (Å²) in [5.74, 6) is 0.151. The number of carbonyl (C=O) groups excluding carboxylic acids is 1. The number of para-hydroxylation sites is 1. The Morgan fingerprint density at radius 3 is 2.54 bits per heavy atom. The molecule has 0 unspecified atom stereocenters. The number of fused-ring (bicyclic) bond motifs is 1. The Bertz CT molecular complexity index is 999. The minimum atomic E-state index is -0.108. The average Bonchev–Trinajstić information content (AvgIpc) is 3.09. The molecule has 0 atom stereocenters. The van der Waals surface area contributed by atoms with Crippen molar-refractivity contribution in [2.24, 2.45) is 0 Å². The van der Waals surface area contributed by atoms with Gasteiger partial charge in [-0.2, -0.15) is 0 Å². The van der Waals surface area contributed by atoms with Crippen LogP contribution in [0.3, 0.4) is 0 Å². The fourth-order valence-corrected chi connectivity index (χ4v) is 3.88. The van der Waals surface area contributed by atoms with Gasteiger partial charge in [-0.25, -0.2) is 4.98 Å². The van der Waals surface area contributed by atoms with Crippen LogP contribution in [0, 0.1) is 0 Å². The highest BCUT2D eigenvalue weighted by Crippen LogP contribution is 2.26. The van der Waals surface area contributed by atoms with Crippen LogP contribution in [-0.2, 0) is 4.79 Å². The van der Waals surface area contributed by atoms with Crippen molar-refractivity contribution in [1.29, 1.82) is 0 Å². The lowest BCUT2D eigenvalue weighted by Crippen LogP contribution is -2.13. The van der Waals surface area contributed by atoms with Gasteiger partial charge in [0.15, 0.2) is 5.13 Å². The molecule has 0 radical (unpaired) electrons. The van der Waals surface area contributed by atoms with Gasteiger partial charge in [-0.3, -0.25) is 4.79 Å². The minimum absolute atomic E-state index is 0.108. The van der Waals surface area contributed by atoms with E-state index in [1.165, 1.54) is 23.1 Å². The van der Waals surface area contributed by atoms with Gasteiger partial charge in [-0.05, 0) is 24.3 Å². The van der Waals surface area contributed by atoms with E-state index in [4.69, 9.17) is 0 Å². The van der Waals surface area contributed by atoms with Crippen LogP contribution in [0.1, 0.15) is 0 Å². The van der Waals surface area contributed by atoms with Crippen molar-refractivity contribution in [3.8, 4) is 11.3 Å². The molecular formula is C19H14N4OS2. The number of anilines is 1. The molecule has 5 nitrogen and oxygen atoms in total. The van der Waals surface area contributed by atoms with Crippen molar-refractivity contribution in [3.05, 3.63) is 66.7 Å². The second-order valence-corrected chi connectivity index (χ2v) is 7.47. The summed E-state index contributed by atoms with van der Waals surface area (Å²) in [6, 6.07) is 21.5. The second-order valence-electron chi connectivity index (χ2n) is 5.45. The highest BCUT2D eigenvalue weighted by atomic mass is 32.2. The van der Waals surface area contributed by atoms with Gasteiger partial charge in [0.2, 0.25) is 5.91 Å². The largest absolute Gasteiger partial charge is 0.301 e. The van der Waals surface area contributed by atoms with Gasteiger partial charge >= 0.3 is 0 Å². The first kappa shape index (κ1) is 16.7. The van der Waals surface area contributed by atoms with Crippen LogP contribution >= 0.6 is 23.1 Å². The number of nitrogens with one attached hydrogen (secondary N) is 1. The first-order valence-corrected chi connectivity index (χ1v) is 9.75. The zero-order valence-electron chi connectivity index (χ0n) is 13.6. The molecule has 1 N–H and O–H groups in total. The summed E-state index contributed by atoms with van der Waals surface area (Å²) in [7, 11) is 0. The number of thioether (sulfide) groups is 1. The molecule has 0 saturated heterocycles. The first-order valence-electron chi connectivity index (χ1n) is 7.95. The topological polar surface area (TPSA) is 67.8 Å². The Morgan fingerprint density at radius 1 is 0.962 bits per heavy atom. The van der Waals surface area contributed by atoms with Crippen LogP contribution < -0.4 is 5.32 Å². The number of amides is 1. The normalized spacial score (nSPS) is 10.8. The van der Waals surface area contributed by atoms with Crippen molar-refractivity contribution in [2.45, 2.75) is 5.03 Å². The Hall–Kier alpha value is -2.77. The number of rotatable bonds is 5. The number of aromatic nitrogens is 3. The molecule has 0 spiro atoms. The smallest absolute Gasteiger partial charge is 0.236 e. The number of hydrogen-bond acceptors (Lipinski definition) is 6. The molecule has 0 fully saturated rings. The molecule has 1 amide bonds. The van der Waals surface area contributed by atoms with Crippen molar-refractivity contribution in [3.63, 3.8) is 0 Å². The van der Waals surface area contributed by atoms with E-state index in [1.807, 2.05) is 66.7 Å². The van der Waals surface area contributed by atoms with Gasteiger partial charge in [-0.15, -0.1) is 10.2 Å². The quantitative estimate of drug-likeness (QED) is 0.519. The summed E-state index contributed by atoms with van der Waals surface area (Å²) in [5, 5.41) is 12.6. The predicted molar refractivity (Wildman–Crippen MR) is 106 cm³/mol. The molecule has 0 aliphatic rings. The molecule has 2 aromatic heterocycles. The lowest BCUT2D eigenvalue weighted by atomic mass is 10.1. The maximum absolute atomic E-state index is 12.1. The lowest BCUT2D eigenvalue weighted by molar-refractivity contribution is -0.113. The third-order valence-electron chi connectivity index (χ3n) is 3.60. The predicted octanol–water partition coefficient (Wildman–Crippen LogP) is 4.48. The van der Waals surface area contributed by atoms with Crippen molar-refractivity contribution >= 4 is 44.4 Å². The highest BCUT2D eigenvalue weighted by Gasteiger charge is 2.09. The Balaban J connectivity index is 1.35. The number of benzene rings is 2. The zero-order chi connectivity index (χ0) is 17.8. The van der Waals surface area contributed by atoms with Crippen LogP contribution in [-0.4, -0.2) is 26.8 Å². The average molecular weight is 378 g/mol. The summed E-state index contributed by atoms with van der Waals surface area (Å²) in [5.41, 5.74) is 2.72. The maximum atomic E-state index is 12.1. The SMILES string of the molecule is O=C(CSc1ccc(-c2ccccc2)nn1)Nc1nc2ccccc2s1. The maximum Gasteiger partial charge on any atom is 0.236 e. The van der Waals surface area contributed by atoms with E-state index < -0.39 is 0 Å². The third kappa shape index (κ3) is 3.89. The Labute approximate surface area is 158 Å². The van der Waals surface area contributed by atoms with E-state index in [0.29, 0.717) is 10.2 Å². The van der Waals surface area contributed by atoms with Crippen molar-refractivity contribution < 1.29 is 4.79 Å². The van der Waals surface area contributed by atoms with E-state index in [-0.39, 0.29) is 11.7 Å². The summed E-state index contributed by atoms with van der Waals surface area (Å²) < 4.78 is 1.05. The molecule has 0 bridgehead atoms. The summed E-state index contributed by atoms with van der Waals surface area (Å²) in [4.78, 5) is 16.5. The van der Waals surface area contributed by atoms with E-state index in [1.54, 1.807) is 0 Å². The molecular weight excluding hydrogens is 364 g/mol. The van der Waals surface area contributed by atoms with E-state index >= 15 is 0 Å². The van der Waals surface area contributed by atoms with Gasteiger partial charge < -0.3 is 5.32 Å². The molecule has 2 heterocycles. The van der Waals surface area contributed by atoms with E-state index in [9.17, 15) is 4.79 Å². The second kappa shape index (κ2) is 7.63.